The van der Waals surface area contributed by atoms with Crippen molar-refractivity contribution in [1.29, 1.82) is 0 Å². The van der Waals surface area contributed by atoms with Crippen LogP contribution in [0.5, 0.6) is 5.75 Å². The van der Waals surface area contributed by atoms with Gasteiger partial charge in [0.1, 0.15) is 11.5 Å². The molecule has 220 valence electrons. The number of nitrogens with zero attached hydrogens (tertiary/aromatic N) is 2. The number of aromatic hydroxyl groups is 1. The van der Waals surface area contributed by atoms with Crippen LogP contribution in [0.1, 0.15) is 49.8 Å². The zero-order valence-corrected chi connectivity index (χ0v) is 24.1. The number of primary amides is 1. The molecular weight excluding hydrogens is 516 g/mol. The highest BCUT2D eigenvalue weighted by atomic mass is 16.3. The van der Waals surface area contributed by atoms with Crippen LogP contribution < -0.4 is 16.0 Å². The number of hydrogen-bond acceptors (Lipinski definition) is 10. The molecule has 0 saturated heterocycles. The van der Waals surface area contributed by atoms with Gasteiger partial charge in [-0.05, 0) is 56.9 Å². The van der Waals surface area contributed by atoms with Gasteiger partial charge in [-0.25, -0.2) is 0 Å². The fraction of sp³-hybridized carbons (Fsp3) is 0.621. The van der Waals surface area contributed by atoms with Crippen molar-refractivity contribution < 1.29 is 34.8 Å². The second-order valence-corrected chi connectivity index (χ2v) is 12.5. The van der Waals surface area contributed by atoms with Gasteiger partial charge in [0, 0.05) is 55.8 Å². The Labute approximate surface area is 234 Å². The predicted octanol–water partition coefficient (Wildman–Crippen LogP) is 0.475. The molecule has 3 aliphatic carbocycles. The standard InChI is InChI=1S/C29H42N4O7/c1-14(2)12-31-13-16-9-19(32(3)4)17-7-15-8-18-26(33(5)6)28(39,11-21(30)35)10-20(34)29(18,40)27(38)22(15)25(37)23(17)24(16)36/h9,14-15,18,26,31,36-37,39-40H,7-8,10-13H2,1-6H3,(H2,30,35)/t15-,18-,26?,28?,29+/m0/s1. The number of ketones is 2. The number of carbonyl (C=O) groups excluding carboxylic acids is 3. The summed E-state index contributed by atoms with van der Waals surface area (Å²) in [7, 11) is 7.00. The van der Waals surface area contributed by atoms with E-state index in [4.69, 9.17) is 5.73 Å². The number of aliphatic hydroxyl groups is 3. The second-order valence-electron chi connectivity index (χ2n) is 12.5. The van der Waals surface area contributed by atoms with E-state index in [0.717, 1.165) is 5.69 Å². The first-order chi connectivity index (χ1) is 18.5. The van der Waals surface area contributed by atoms with E-state index < -0.39 is 65.2 Å². The average molecular weight is 559 g/mol. The van der Waals surface area contributed by atoms with Crippen molar-refractivity contribution in [3.05, 3.63) is 28.3 Å². The van der Waals surface area contributed by atoms with Crippen molar-refractivity contribution in [2.24, 2.45) is 23.5 Å². The molecule has 4 rings (SSSR count). The van der Waals surface area contributed by atoms with Crippen molar-refractivity contribution in [3.8, 4) is 5.75 Å². The molecule has 1 aromatic rings. The van der Waals surface area contributed by atoms with E-state index in [2.05, 4.69) is 19.2 Å². The van der Waals surface area contributed by atoms with Gasteiger partial charge < -0.3 is 41.3 Å². The van der Waals surface area contributed by atoms with Crippen LogP contribution in [-0.4, -0.2) is 94.8 Å². The van der Waals surface area contributed by atoms with E-state index in [-0.39, 0.29) is 29.7 Å². The second kappa shape index (κ2) is 10.4. The lowest BCUT2D eigenvalue weighted by atomic mass is 9.53. The number of anilines is 1. The van der Waals surface area contributed by atoms with E-state index in [1.807, 2.05) is 25.1 Å². The number of nitrogens with two attached hydrogens (primary N) is 1. The molecule has 11 nitrogen and oxygen atoms in total. The number of hydrogen-bond donors (Lipinski definition) is 6. The van der Waals surface area contributed by atoms with Gasteiger partial charge in [-0.2, -0.15) is 0 Å². The normalized spacial score (nSPS) is 29.9. The Morgan fingerprint density at radius 2 is 1.82 bits per heavy atom. The highest BCUT2D eigenvalue weighted by molar-refractivity contribution is 6.21. The minimum absolute atomic E-state index is 0.0854. The summed E-state index contributed by atoms with van der Waals surface area (Å²) in [4.78, 5) is 42.8. The number of nitrogens with one attached hydrogen (secondary N) is 1. The summed E-state index contributed by atoms with van der Waals surface area (Å²) < 4.78 is 0. The van der Waals surface area contributed by atoms with Crippen LogP contribution in [0.25, 0.3) is 5.76 Å². The van der Waals surface area contributed by atoms with Gasteiger partial charge in [0.25, 0.3) is 0 Å². The number of fused-ring (bicyclic) bond motifs is 3. The average Bonchev–Trinajstić information content (AvgIpc) is 2.81. The van der Waals surface area contributed by atoms with Crippen molar-refractivity contribution in [1.82, 2.24) is 10.2 Å². The minimum atomic E-state index is -2.51. The number of benzene rings is 1. The van der Waals surface area contributed by atoms with Crippen LogP contribution in [0.4, 0.5) is 5.69 Å². The number of likely N-dealkylation sites (N-methyl/N-ethyl adjacent to an activating group) is 1. The van der Waals surface area contributed by atoms with Crippen LogP contribution >= 0.6 is 0 Å². The molecule has 11 heteroatoms. The molecule has 0 heterocycles. The lowest BCUT2D eigenvalue weighted by Gasteiger charge is -2.56. The maximum Gasteiger partial charge on any atom is 0.220 e. The summed E-state index contributed by atoms with van der Waals surface area (Å²) in [5, 5.41) is 49.4. The SMILES string of the molecule is CC(C)CNCc1cc(N(C)C)c2c(c1O)C(O)=C1C(=O)[C@]3(O)C(=O)CC(O)(CC(N)=O)C(N(C)C)[C@@H]3C[C@@H]1C2. The molecule has 1 aromatic carbocycles. The Kier molecular flexibility index (Phi) is 7.83. The zero-order chi connectivity index (χ0) is 29.9. The maximum absolute atomic E-state index is 14.0. The fourth-order valence-corrected chi connectivity index (χ4v) is 7.16. The summed E-state index contributed by atoms with van der Waals surface area (Å²) in [5.74, 6) is -4.51. The summed E-state index contributed by atoms with van der Waals surface area (Å²) >= 11 is 0. The van der Waals surface area contributed by atoms with Crippen LogP contribution in [0.15, 0.2) is 11.6 Å². The minimum Gasteiger partial charge on any atom is -0.507 e. The number of phenolic OH excluding ortho intramolecular Hbond substituents is 1. The van der Waals surface area contributed by atoms with E-state index in [9.17, 15) is 34.8 Å². The molecule has 40 heavy (non-hydrogen) atoms. The molecule has 0 radical (unpaired) electrons. The molecule has 0 aromatic heterocycles. The molecule has 2 fully saturated rings. The van der Waals surface area contributed by atoms with E-state index >= 15 is 0 Å². The van der Waals surface area contributed by atoms with Crippen molar-refractivity contribution >= 4 is 28.9 Å². The maximum atomic E-state index is 14.0. The van der Waals surface area contributed by atoms with Crippen molar-refractivity contribution in [3.63, 3.8) is 0 Å². The lowest BCUT2D eigenvalue weighted by molar-refractivity contribution is -0.189. The van der Waals surface area contributed by atoms with E-state index in [1.165, 1.54) is 0 Å². The molecule has 7 N–H and O–H groups in total. The smallest absolute Gasteiger partial charge is 0.220 e. The molecule has 0 bridgehead atoms. The third kappa shape index (κ3) is 4.68. The van der Waals surface area contributed by atoms with Gasteiger partial charge >= 0.3 is 0 Å². The number of carbonyl (C=O) groups is 3. The molecule has 3 aliphatic rings. The van der Waals surface area contributed by atoms with Crippen LogP contribution in [-0.2, 0) is 27.3 Å². The quantitative estimate of drug-likeness (QED) is 0.246. The molecule has 1 amide bonds. The third-order valence-electron chi connectivity index (χ3n) is 8.69. The summed E-state index contributed by atoms with van der Waals surface area (Å²) in [6.07, 6.45) is -0.803. The van der Waals surface area contributed by atoms with Gasteiger partial charge in [-0.3, -0.25) is 14.4 Å². The Hall–Kier alpha value is -2.99. The number of phenols is 1. The van der Waals surface area contributed by atoms with E-state index in [0.29, 0.717) is 30.1 Å². The Balaban J connectivity index is 1.86. The van der Waals surface area contributed by atoms with Gasteiger partial charge in [0.05, 0.1) is 17.6 Å². The first-order valence-electron chi connectivity index (χ1n) is 13.7. The third-order valence-corrected chi connectivity index (χ3v) is 8.69. The summed E-state index contributed by atoms with van der Waals surface area (Å²) in [5.41, 5.74) is 3.03. The summed E-state index contributed by atoms with van der Waals surface area (Å²) in [6.45, 7) is 5.19. The molecule has 2 saturated carbocycles. The molecule has 0 spiro atoms. The Bertz CT molecular complexity index is 1270. The van der Waals surface area contributed by atoms with Gasteiger partial charge in [0.15, 0.2) is 11.4 Å². The summed E-state index contributed by atoms with van der Waals surface area (Å²) in [6, 6.07) is 0.923. The highest BCUT2D eigenvalue weighted by Gasteiger charge is 2.67. The molecule has 2 unspecified atom stereocenters. The van der Waals surface area contributed by atoms with Gasteiger partial charge in [-0.15, -0.1) is 0 Å². The highest BCUT2D eigenvalue weighted by Crippen LogP contribution is 2.54. The zero-order valence-electron chi connectivity index (χ0n) is 24.1. The lowest BCUT2D eigenvalue weighted by Crippen LogP contribution is -2.73. The van der Waals surface area contributed by atoms with E-state index in [1.54, 1.807) is 19.0 Å². The largest absolute Gasteiger partial charge is 0.507 e. The number of aliphatic hydroxyl groups excluding tert-OH is 1. The molecule has 5 atom stereocenters. The van der Waals surface area contributed by atoms with Crippen molar-refractivity contribution in [2.45, 2.75) is 63.3 Å². The Morgan fingerprint density at radius 1 is 1.18 bits per heavy atom. The predicted molar refractivity (Wildman–Crippen MR) is 150 cm³/mol. The number of rotatable bonds is 8. The first kappa shape index (κ1) is 30.0. The number of Topliss-reactive ketones (excluding diaryl/α,β-unsaturated/α-hetero) is 2. The monoisotopic (exact) mass is 558 g/mol. The topological polar surface area (TPSA) is 177 Å². The van der Waals surface area contributed by atoms with Crippen LogP contribution in [0, 0.1) is 17.8 Å². The number of amides is 1. The molecular formula is C29H42N4O7. The van der Waals surface area contributed by atoms with Crippen molar-refractivity contribution in [2.75, 3.05) is 39.6 Å². The van der Waals surface area contributed by atoms with Crippen LogP contribution in [0.3, 0.4) is 0 Å². The fourth-order valence-electron chi connectivity index (χ4n) is 7.16. The molecule has 0 aliphatic heterocycles. The van der Waals surface area contributed by atoms with Gasteiger partial charge in [-0.1, -0.05) is 13.8 Å². The van der Waals surface area contributed by atoms with Crippen LogP contribution in [0.2, 0.25) is 0 Å². The Morgan fingerprint density at radius 3 is 2.38 bits per heavy atom. The van der Waals surface area contributed by atoms with Gasteiger partial charge in [0.2, 0.25) is 11.7 Å². The first-order valence-corrected chi connectivity index (χ1v) is 13.7.